The highest BCUT2D eigenvalue weighted by atomic mass is 35.5. The third-order valence-corrected chi connectivity index (χ3v) is 4.54. The Hall–Kier alpha value is -2.18. The fraction of sp³-hybridized carbons (Fsp3) is 0.125. The summed E-state index contributed by atoms with van der Waals surface area (Å²) in [5.41, 5.74) is 1.83. The highest BCUT2D eigenvalue weighted by Gasteiger charge is 2.17. The molecule has 0 radical (unpaired) electrons. The normalized spacial score (nSPS) is 12.6. The Morgan fingerprint density at radius 1 is 1.04 bits per heavy atom. The number of nitrogens with zero attached hydrogens (tertiary/aromatic N) is 2. The minimum Gasteiger partial charge on any atom is -0.454 e. The Balaban J connectivity index is 1.49. The second kappa shape index (κ2) is 6.14. The first-order valence-corrected chi connectivity index (χ1v) is 8.26. The molecule has 4 rings (SSSR count). The van der Waals surface area contributed by atoms with Crippen LogP contribution in [0.25, 0.3) is 11.5 Å². The van der Waals surface area contributed by atoms with Crippen LogP contribution in [-0.4, -0.2) is 17.0 Å². The van der Waals surface area contributed by atoms with Crippen LogP contribution in [0.1, 0.15) is 5.56 Å². The average molecular weight is 347 g/mol. The maximum absolute atomic E-state index is 6.26. The zero-order valence-electron chi connectivity index (χ0n) is 11.9. The van der Waals surface area contributed by atoms with Gasteiger partial charge in [-0.1, -0.05) is 41.6 Å². The van der Waals surface area contributed by atoms with Crippen molar-refractivity contribution in [3.8, 4) is 23.0 Å². The van der Waals surface area contributed by atoms with Gasteiger partial charge < -0.3 is 13.9 Å². The lowest BCUT2D eigenvalue weighted by Crippen LogP contribution is -1.92. The maximum Gasteiger partial charge on any atom is 0.277 e. The van der Waals surface area contributed by atoms with Gasteiger partial charge in [-0.3, -0.25) is 0 Å². The molecule has 5 nitrogen and oxygen atoms in total. The molecule has 0 unspecified atom stereocenters. The first-order chi connectivity index (χ1) is 11.3. The molecular weight excluding hydrogens is 336 g/mol. The number of rotatable bonds is 4. The number of ether oxygens (including phenoxy) is 2. The molecule has 0 amide bonds. The Morgan fingerprint density at radius 3 is 2.65 bits per heavy atom. The van der Waals surface area contributed by atoms with Gasteiger partial charge in [0.2, 0.25) is 12.7 Å². The van der Waals surface area contributed by atoms with Crippen molar-refractivity contribution in [2.24, 2.45) is 0 Å². The molecule has 0 spiro atoms. The number of benzene rings is 2. The van der Waals surface area contributed by atoms with Crippen molar-refractivity contribution in [2.45, 2.75) is 11.0 Å². The quantitative estimate of drug-likeness (QED) is 0.652. The van der Waals surface area contributed by atoms with E-state index in [1.807, 2.05) is 36.4 Å². The van der Waals surface area contributed by atoms with Crippen molar-refractivity contribution in [3.63, 3.8) is 0 Å². The van der Waals surface area contributed by atoms with Crippen LogP contribution >= 0.6 is 23.4 Å². The molecule has 0 saturated carbocycles. The Labute approximate surface area is 141 Å². The molecule has 7 heteroatoms. The molecule has 1 aliphatic heterocycles. The number of hydrogen-bond donors (Lipinski definition) is 0. The fourth-order valence-corrected chi connectivity index (χ4v) is 3.23. The van der Waals surface area contributed by atoms with E-state index in [4.69, 9.17) is 25.5 Å². The third kappa shape index (κ3) is 3.00. The van der Waals surface area contributed by atoms with Crippen LogP contribution in [0.15, 0.2) is 52.1 Å². The molecule has 0 atom stereocenters. The number of aromatic nitrogens is 2. The topological polar surface area (TPSA) is 57.4 Å². The number of fused-ring (bicyclic) bond motifs is 1. The highest BCUT2D eigenvalue weighted by molar-refractivity contribution is 7.98. The molecule has 2 aromatic carbocycles. The van der Waals surface area contributed by atoms with Gasteiger partial charge in [0.05, 0.1) is 0 Å². The summed E-state index contributed by atoms with van der Waals surface area (Å²) >= 11 is 7.69. The van der Waals surface area contributed by atoms with Crippen molar-refractivity contribution < 1.29 is 13.9 Å². The second-order valence-electron chi connectivity index (χ2n) is 4.82. The van der Waals surface area contributed by atoms with Crippen LogP contribution in [0.3, 0.4) is 0 Å². The van der Waals surface area contributed by atoms with Gasteiger partial charge in [0.1, 0.15) is 0 Å². The zero-order chi connectivity index (χ0) is 15.6. The van der Waals surface area contributed by atoms with E-state index in [0.717, 1.165) is 11.1 Å². The summed E-state index contributed by atoms with van der Waals surface area (Å²) in [6.45, 7) is 0.229. The molecule has 1 aliphatic rings. The molecule has 2 heterocycles. The van der Waals surface area contributed by atoms with Crippen molar-refractivity contribution >= 4 is 23.4 Å². The van der Waals surface area contributed by atoms with Gasteiger partial charge in [0.15, 0.2) is 11.5 Å². The fourth-order valence-electron chi connectivity index (χ4n) is 2.17. The van der Waals surface area contributed by atoms with E-state index in [0.29, 0.717) is 33.4 Å². The maximum atomic E-state index is 6.26. The SMILES string of the molecule is Clc1cc2c(cc1CSc1nnc(-c3ccccc3)o1)OCO2. The summed E-state index contributed by atoms with van der Waals surface area (Å²) < 4.78 is 16.3. The molecule has 3 aromatic rings. The van der Waals surface area contributed by atoms with Crippen LogP contribution < -0.4 is 9.47 Å². The van der Waals surface area contributed by atoms with Crippen LogP contribution in [0, 0.1) is 0 Å². The first kappa shape index (κ1) is 14.4. The molecule has 0 saturated heterocycles. The smallest absolute Gasteiger partial charge is 0.277 e. The lowest BCUT2D eigenvalue weighted by Gasteiger charge is -2.04. The minimum absolute atomic E-state index is 0.229. The van der Waals surface area contributed by atoms with Gasteiger partial charge in [0, 0.05) is 22.4 Å². The standard InChI is InChI=1S/C16H11ClN2O3S/c17-12-7-14-13(20-9-21-14)6-11(12)8-23-16-19-18-15(22-16)10-4-2-1-3-5-10/h1-7H,8-9H2. The van der Waals surface area contributed by atoms with Gasteiger partial charge in [-0.25, -0.2) is 0 Å². The summed E-state index contributed by atoms with van der Waals surface area (Å²) in [5, 5.41) is 9.25. The van der Waals surface area contributed by atoms with Crippen molar-refractivity contribution in [2.75, 3.05) is 6.79 Å². The Bertz CT molecular complexity index is 839. The third-order valence-electron chi connectivity index (χ3n) is 3.32. The van der Waals surface area contributed by atoms with Gasteiger partial charge in [-0.2, -0.15) is 0 Å². The molecule has 1 aromatic heterocycles. The summed E-state index contributed by atoms with van der Waals surface area (Å²) in [5.74, 6) is 2.49. The Morgan fingerprint density at radius 2 is 1.83 bits per heavy atom. The first-order valence-electron chi connectivity index (χ1n) is 6.89. The van der Waals surface area contributed by atoms with E-state index in [2.05, 4.69) is 10.2 Å². The molecule has 116 valence electrons. The number of hydrogen-bond acceptors (Lipinski definition) is 6. The van der Waals surface area contributed by atoms with Crippen LogP contribution in [-0.2, 0) is 5.75 Å². The molecule has 0 fully saturated rings. The molecule has 0 N–H and O–H groups in total. The van der Waals surface area contributed by atoms with E-state index in [1.165, 1.54) is 11.8 Å². The minimum atomic E-state index is 0.229. The molecule has 0 bridgehead atoms. The second-order valence-corrected chi connectivity index (χ2v) is 6.16. The Kier molecular flexibility index (Phi) is 3.85. The lowest BCUT2D eigenvalue weighted by molar-refractivity contribution is 0.174. The summed E-state index contributed by atoms with van der Waals surface area (Å²) in [4.78, 5) is 0. The summed E-state index contributed by atoms with van der Waals surface area (Å²) in [6.07, 6.45) is 0. The van der Waals surface area contributed by atoms with E-state index >= 15 is 0 Å². The van der Waals surface area contributed by atoms with Gasteiger partial charge in [0.25, 0.3) is 5.22 Å². The van der Waals surface area contributed by atoms with Crippen LogP contribution in [0.2, 0.25) is 5.02 Å². The van der Waals surface area contributed by atoms with Crippen molar-refractivity contribution in [1.29, 1.82) is 0 Å². The average Bonchev–Trinajstić information content (AvgIpc) is 3.22. The van der Waals surface area contributed by atoms with Gasteiger partial charge in [-0.05, 0) is 23.8 Å². The van der Waals surface area contributed by atoms with Crippen molar-refractivity contribution in [1.82, 2.24) is 10.2 Å². The van der Waals surface area contributed by atoms with E-state index in [1.54, 1.807) is 6.07 Å². The summed E-state index contributed by atoms with van der Waals surface area (Å²) in [6, 6.07) is 13.3. The zero-order valence-corrected chi connectivity index (χ0v) is 13.4. The van der Waals surface area contributed by atoms with E-state index < -0.39 is 0 Å². The number of thioether (sulfide) groups is 1. The monoisotopic (exact) mass is 346 g/mol. The molecule has 0 aliphatic carbocycles. The predicted molar refractivity (Wildman–Crippen MR) is 86.9 cm³/mol. The lowest BCUT2D eigenvalue weighted by atomic mass is 10.2. The van der Waals surface area contributed by atoms with Crippen molar-refractivity contribution in [3.05, 3.63) is 53.1 Å². The van der Waals surface area contributed by atoms with Gasteiger partial charge in [-0.15, -0.1) is 10.2 Å². The molecular formula is C16H11ClN2O3S. The van der Waals surface area contributed by atoms with Crippen LogP contribution in [0.5, 0.6) is 11.5 Å². The van der Waals surface area contributed by atoms with Gasteiger partial charge >= 0.3 is 0 Å². The number of halogens is 1. The van der Waals surface area contributed by atoms with E-state index in [-0.39, 0.29) is 6.79 Å². The summed E-state index contributed by atoms with van der Waals surface area (Å²) in [7, 11) is 0. The molecule has 23 heavy (non-hydrogen) atoms. The largest absolute Gasteiger partial charge is 0.454 e. The van der Waals surface area contributed by atoms with E-state index in [9.17, 15) is 0 Å². The predicted octanol–water partition coefficient (Wildman–Crippen LogP) is 4.41. The van der Waals surface area contributed by atoms with Crippen LogP contribution in [0.4, 0.5) is 0 Å². The highest BCUT2D eigenvalue weighted by Crippen LogP contribution is 2.38.